The molecule has 48 heavy (non-hydrogen) atoms. The molecule has 0 fully saturated rings. The molecule has 0 aromatic heterocycles. The third-order valence-electron chi connectivity index (χ3n) is 8.01. The standard InChI is InChI=1S/C34H40F7N3O4/c1-18(2)12-27(44-17-21(10-11-43(5)6)24(15-28(44)45)33(36,37)38)32(48)42-26(16-29(46)47)23-13-22(14-25(31(23)35)34(39,40)41)30-19(3)8-7-9-20(30)4/h7-9,13-15,17-18,26-28,45H,10-12,16H2,1-6H3,(H,42,48)(H,46,47)/t26-,27?,28?/m0/s1. The van der Waals surface area contributed by atoms with E-state index in [0.29, 0.717) is 28.8 Å². The second kappa shape index (κ2) is 15.1. The van der Waals surface area contributed by atoms with E-state index >= 15 is 4.39 Å². The minimum atomic E-state index is -5.18. The van der Waals surface area contributed by atoms with Crippen LogP contribution in [0.1, 0.15) is 61.4 Å². The minimum Gasteiger partial charge on any atom is -0.481 e. The molecule has 0 saturated heterocycles. The molecule has 2 aromatic rings. The van der Waals surface area contributed by atoms with Gasteiger partial charge in [-0.15, -0.1) is 0 Å². The van der Waals surface area contributed by atoms with Crippen LogP contribution in [0.2, 0.25) is 0 Å². The summed E-state index contributed by atoms with van der Waals surface area (Å²) in [5.74, 6) is -4.65. The minimum absolute atomic E-state index is 0.0533. The smallest absolute Gasteiger partial charge is 0.419 e. The first-order valence-corrected chi connectivity index (χ1v) is 15.2. The summed E-state index contributed by atoms with van der Waals surface area (Å²) in [6.07, 6.45) is -11.5. The quantitative estimate of drug-likeness (QED) is 0.206. The van der Waals surface area contributed by atoms with E-state index in [1.165, 1.54) is 0 Å². The summed E-state index contributed by atoms with van der Waals surface area (Å²) in [4.78, 5) is 28.5. The van der Waals surface area contributed by atoms with E-state index in [0.717, 1.165) is 17.2 Å². The summed E-state index contributed by atoms with van der Waals surface area (Å²) in [6, 6.07) is 3.44. The van der Waals surface area contributed by atoms with Crippen molar-refractivity contribution in [3.63, 3.8) is 0 Å². The van der Waals surface area contributed by atoms with Gasteiger partial charge in [0.05, 0.1) is 23.6 Å². The summed E-state index contributed by atoms with van der Waals surface area (Å²) >= 11 is 0. The Morgan fingerprint density at radius 3 is 2.12 bits per heavy atom. The molecule has 0 bridgehead atoms. The number of carboxylic acid groups (broad SMARTS) is 1. The Bertz CT molecular complexity index is 1540. The van der Waals surface area contributed by atoms with E-state index in [9.17, 15) is 46.1 Å². The van der Waals surface area contributed by atoms with Gasteiger partial charge in [-0.3, -0.25) is 9.59 Å². The predicted molar refractivity (Wildman–Crippen MR) is 166 cm³/mol. The Balaban J connectivity index is 2.16. The molecule has 0 spiro atoms. The van der Waals surface area contributed by atoms with Crippen molar-refractivity contribution in [1.82, 2.24) is 15.1 Å². The number of aliphatic carboxylic acids is 1. The fourth-order valence-corrected chi connectivity index (χ4v) is 5.78. The number of carbonyl (C=O) groups excluding carboxylic acids is 1. The highest BCUT2D eigenvalue weighted by molar-refractivity contribution is 5.83. The molecule has 2 unspecified atom stereocenters. The number of aliphatic hydroxyl groups is 1. The Kier molecular flexibility index (Phi) is 12.1. The molecule has 1 heterocycles. The number of hydrogen-bond donors (Lipinski definition) is 3. The van der Waals surface area contributed by atoms with Crippen molar-refractivity contribution < 1.29 is 50.5 Å². The van der Waals surface area contributed by atoms with Crippen molar-refractivity contribution in [1.29, 1.82) is 0 Å². The van der Waals surface area contributed by atoms with E-state index in [2.05, 4.69) is 5.32 Å². The van der Waals surface area contributed by atoms with Crippen LogP contribution >= 0.6 is 0 Å². The number of allylic oxidation sites excluding steroid dienone is 1. The number of benzene rings is 2. The molecule has 0 radical (unpaired) electrons. The summed E-state index contributed by atoms with van der Waals surface area (Å²) in [7, 11) is 3.31. The zero-order chi connectivity index (χ0) is 36.3. The molecule has 1 amide bonds. The highest BCUT2D eigenvalue weighted by atomic mass is 19.4. The monoisotopic (exact) mass is 687 g/mol. The van der Waals surface area contributed by atoms with Crippen molar-refractivity contribution in [2.75, 3.05) is 20.6 Å². The first-order chi connectivity index (χ1) is 22.1. The van der Waals surface area contributed by atoms with E-state index in [4.69, 9.17) is 0 Å². The van der Waals surface area contributed by atoms with Gasteiger partial charge in [0.2, 0.25) is 5.91 Å². The van der Waals surface area contributed by atoms with Gasteiger partial charge in [-0.1, -0.05) is 32.0 Å². The molecule has 3 rings (SSSR count). The average molecular weight is 688 g/mol. The van der Waals surface area contributed by atoms with Crippen LogP contribution in [-0.4, -0.2) is 71.0 Å². The third kappa shape index (κ3) is 9.37. The molecule has 0 saturated carbocycles. The maximum atomic E-state index is 15.8. The van der Waals surface area contributed by atoms with Crippen LogP contribution in [0.5, 0.6) is 0 Å². The van der Waals surface area contributed by atoms with Crippen LogP contribution in [0.15, 0.2) is 53.8 Å². The van der Waals surface area contributed by atoms with Crippen LogP contribution in [0.4, 0.5) is 30.7 Å². The number of carbonyl (C=O) groups is 2. The molecule has 264 valence electrons. The summed E-state index contributed by atoms with van der Waals surface area (Å²) in [5, 5.41) is 22.9. The molecule has 1 aliphatic rings. The molecule has 0 aliphatic carbocycles. The van der Waals surface area contributed by atoms with Gasteiger partial charge in [0, 0.05) is 18.3 Å². The molecule has 3 N–H and O–H groups in total. The van der Waals surface area contributed by atoms with E-state index in [-0.39, 0.29) is 36.4 Å². The topological polar surface area (TPSA) is 93.1 Å². The van der Waals surface area contributed by atoms with Gasteiger partial charge < -0.3 is 25.3 Å². The lowest BCUT2D eigenvalue weighted by molar-refractivity contribution is -0.140. The fourth-order valence-electron chi connectivity index (χ4n) is 5.78. The molecular formula is C34H40F7N3O4. The van der Waals surface area contributed by atoms with Crippen LogP contribution in [0, 0.1) is 25.6 Å². The van der Waals surface area contributed by atoms with Gasteiger partial charge in [-0.05, 0) is 92.7 Å². The molecule has 3 atom stereocenters. The number of aryl methyl sites for hydroxylation is 2. The Labute approximate surface area is 274 Å². The van der Waals surface area contributed by atoms with Crippen LogP contribution in [0.25, 0.3) is 11.1 Å². The first-order valence-electron chi connectivity index (χ1n) is 15.2. The lowest BCUT2D eigenvalue weighted by Crippen LogP contribution is -2.51. The molecule has 7 nitrogen and oxygen atoms in total. The van der Waals surface area contributed by atoms with E-state index in [1.807, 2.05) is 0 Å². The van der Waals surface area contributed by atoms with Gasteiger partial charge in [-0.2, -0.15) is 26.3 Å². The van der Waals surface area contributed by atoms with Crippen molar-refractivity contribution in [3.05, 3.63) is 81.8 Å². The number of rotatable bonds is 12. The third-order valence-corrected chi connectivity index (χ3v) is 8.01. The lowest BCUT2D eigenvalue weighted by Gasteiger charge is -2.38. The lowest BCUT2D eigenvalue weighted by atomic mass is 9.90. The largest absolute Gasteiger partial charge is 0.481 e. The molecule has 2 aromatic carbocycles. The number of alkyl halides is 6. The summed E-state index contributed by atoms with van der Waals surface area (Å²) in [6.45, 7) is 6.88. The van der Waals surface area contributed by atoms with Gasteiger partial charge in [-0.25, -0.2) is 4.39 Å². The maximum absolute atomic E-state index is 15.8. The Morgan fingerprint density at radius 1 is 1.02 bits per heavy atom. The van der Waals surface area contributed by atoms with Crippen LogP contribution in [0.3, 0.4) is 0 Å². The van der Waals surface area contributed by atoms with Gasteiger partial charge in [0.1, 0.15) is 18.1 Å². The fraction of sp³-hybridized carbons (Fsp3) is 0.471. The molecular weight excluding hydrogens is 647 g/mol. The highest BCUT2D eigenvalue weighted by Crippen LogP contribution is 2.41. The maximum Gasteiger partial charge on any atom is 0.419 e. The second-order valence-corrected chi connectivity index (χ2v) is 12.6. The number of carboxylic acids is 1. The number of nitrogens with one attached hydrogen (secondary N) is 1. The normalized spacial score (nSPS) is 16.9. The first kappa shape index (κ1) is 38.5. The SMILES string of the molecule is Cc1cccc(C)c1-c1cc([C@H](CC(=O)O)NC(=O)C(CC(C)C)N2C=C(CCN(C)C)C(C(F)(F)F)=CC2O)c(F)c(C(F)(F)F)c1. The number of nitrogens with zero attached hydrogens (tertiary/aromatic N) is 2. The van der Waals surface area contributed by atoms with Crippen LogP contribution < -0.4 is 5.32 Å². The summed E-state index contributed by atoms with van der Waals surface area (Å²) in [5.41, 5.74) is -2.24. The zero-order valence-corrected chi connectivity index (χ0v) is 27.4. The molecule has 14 heteroatoms. The van der Waals surface area contributed by atoms with E-state index in [1.54, 1.807) is 64.9 Å². The highest BCUT2D eigenvalue weighted by Gasteiger charge is 2.42. The van der Waals surface area contributed by atoms with Gasteiger partial charge in [0.25, 0.3) is 0 Å². The van der Waals surface area contributed by atoms with Crippen molar-refractivity contribution in [3.8, 4) is 11.1 Å². The predicted octanol–water partition coefficient (Wildman–Crippen LogP) is 7.13. The van der Waals surface area contributed by atoms with Crippen LogP contribution in [-0.2, 0) is 15.8 Å². The van der Waals surface area contributed by atoms with Gasteiger partial charge >= 0.3 is 18.3 Å². The molecule has 1 aliphatic heterocycles. The number of aliphatic hydroxyl groups excluding tert-OH is 1. The summed E-state index contributed by atoms with van der Waals surface area (Å²) < 4.78 is 100. The van der Waals surface area contributed by atoms with E-state index < -0.39 is 71.5 Å². The number of halogens is 7. The zero-order valence-electron chi connectivity index (χ0n) is 27.4. The van der Waals surface area contributed by atoms with Crippen molar-refractivity contribution >= 4 is 11.9 Å². The number of hydrogen-bond acceptors (Lipinski definition) is 5. The van der Waals surface area contributed by atoms with Crippen molar-refractivity contribution in [2.45, 2.75) is 77.6 Å². The number of amides is 1. The Morgan fingerprint density at radius 2 is 1.62 bits per heavy atom. The van der Waals surface area contributed by atoms with Crippen molar-refractivity contribution in [2.24, 2.45) is 5.92 Å². The van der Waals surface area contributed by atoms with Gasteiger partial charge in [0.15, 0.2) is 0 Å². The second-order valence-electron chi connectivity index (χ2n) is 12.6. The Hall–Kier alpha value is -3.91. The average Bonchev–Trinajstić information content (AvgIpc) is 2.93.